The molecule has 0 radical (unpaired) electrons. The average Bonchev–Trinajstić information content (AvgIpc) is 3.16. The molecule has 4 rings (SSSR count). The summed E-state index contributed by atoms with van der Waals surface area (Å²) in [6, 6.07) is 12.2. The van der Waals surface area contributed by atoms with Gasteiger partial charge in [-0.2, -0.15) is 5.10 Å². The molecule has 2 aromatic heterocycles. The van der Waals surface area contributed by atoms with Crippen molar-refractivity contribution in [2.24, 2.45) is 0 Å². The molecule has 1 fully saturated rings. The lowest BCUT2D eigenvalue weighted by Crippen LogP contribution is -2.62. The Balaban J connectivity index is 1.72. The van der Waals surface area contributed by atoms with Gasteiger partial charge in [0.25, 0.3) is 5.91 Å². The van der Waals surface area contributed by atoms with E-state index in [0.717, 1.165) is 43.5 Å². The fourth-order valence-corrected chi connectivity index (χ4v) is 5.29. The van der Waals surface area contributed by atoms with Crippen molar-refractivity contribution < 1.29 is 4.79 Å². The zero-order valence-corrected chi connectivity index (χ0v) is 19.9. The number of rotatable bonds is 6. The Morgan fingerprint density at radius 1 is 1.12 bits per heavy atom. The van der Waals surface area contributed by atoms with Crippen molar-refractivity contribution in [3.63, 3.8) is 0 Å². The number of carbonyl (C=O) groups excluding carboxylic acids is 1. The van der Waals surface area contributed by atoms with Crippen LogP contribution in [0.25, 0.3) is 16.9 Å². The average molecular weight is 434 g/mol. The molecular formula is C26H35N5O. The maximum absolute atomic E-state index is 13.9. The molecule has 0 unspecified atom stereocenters. The van der Waals surface area contributed by atoms with Gasteiger partial charge in [-0.25, -0.2) is 9.50 Å². The number of hydrogen-bond donors (Lipinski definition) is 1. The van der Waals surface area contributed by atoms with Crippen molar-refractivity contribution in [3.8, 4) is 11.3 Å². The van der Waals surface area contributed by atoms with Crippen LogP contribution in [-0.2, 0) is 0 Å². The molecule has 1 amide bonds. The quantitative estimate of drug-likeness (QED) is 0.598. The minimum atomic E-state index is -0.0308. The molecule has 1 N–H and O–H groups in total. The fourth-order valence-electron chi connectivity index (χ4n) is 5.29. The second kappa shape index (κ2) is 8.66. The predicted octanol–water partition coefficient (Wildman–Crippen LogP) is 4.95. The number of hydrogen-bond acceptors (Lipinski definition) is 4. The molecule has 1 aliphatic heterocycles. The minimum absolute atomic E-state index is 0.0308. The van der Waals surface area contributed by atoms with E-state index in [1.807, 2.05) is 36.4 Å². The summed E-state index contributed by atoms with van der Waals surface area (Å²) in [4.78, 5) is 20.5. The van der Waals surface area contributed by atoms with Crippen LogP contribution in [0.4, 0.5) is 0 Å². The van der Waals surface area contributed by atoms with Crippen LogP contribution in [0.15, 0.2) is 48.8 Å². The van der Waals surface area contributed by atoms with Crippen molar-refractivity contribution in [1.29, 1.82) is 0 Å². The second-order valence-electron chi connectivity index (χ2n) is 10.3. The third-order valence-corrected chi connectivity index (χ3v) is 6.32. The summed E-state index contributed by atoms with van der Waals surface area (Å²) >= 11 is 0. The van der Waals surface area contributed by atoms with Crippen molar-refractivity contribution in [1.82, 2.24) is 24.8 Å². The van der Waals surface area contributed by atoms with E-state index in [-0.39, 0.29) is 23.0 Å². The van der Waals surface area contributed by atoms with E-state index in [9.17, 15) is 4.79 Å². The Bertz CT molecular complexity index is 1070. The van der Waals surface area contributed by atoms with Crippen molar-refractivity contribution in [2.75, 3.05) is 6.54 Å². The number of benzene rings is 1. The molecule has 0 aliphatic carbocycles. The van der Waals surface area contributed by atoms with E-state index >= 15 is 0 Å². The van der Waals surface area contributed by atoms with Gasteiger partial charge in [0.15, 0.2) is 5.65 Å². The van der Waals surface area contributed by atoms with E-state index in [0.29, 0.717) is 11.2 Å². The Morgan fingerprint density at radius 3 is 2.47 bits per heavy atom. The van der Waals surface area contributed by atoms with Crippen LogP contribution in [0.2, 0.25) is 0 Å². The highest BCUT2D eigenvalue weighted by molar-refractivity contribution is 6.00. The van der Waals surface area contributed by atoms with Crippen LogP contribution in [0.3, 0.4) is 0 Å². The normalized spacial score (nSPS) is 18.0. The van der Waals surface area contributed by atoms with E-state index in [4.69, 9.17) is 0 Å². The highest BCUT2D eigenvalue weighted by atomic mass is 16.2. The number of carbonyl (C=O) groups is 1. The monoisotopic (exact) mass is 433 g/mol. The molecule has 0 atom stereocenters. The van der Waals surface area contributed by atoms with Crippen LogP contribution in [0, 0.1) is 0 Å². The molecule has 3 aromatic rings. The van der Waals surface area contributed by atoms with Crippen molar-refractivity contribution >= 4 is 11.6 Å². The topological polar surface area (TPSA) is 62.5 Å². The van der Waals surface area contributed by atoms with Gasteiger partial charge in [-0.05, 0) is 53.0 Å². The largest absolute Gasteiger partial charge is 0.335 e. The standard InChI is InChI=1S/C26H35N5O/c1-6-7-15-30(20-16-25(2,3)29-26(4,5)17-20)24(32)21-18-28-31-22(13-14-27-23(21)31)19-11-9-8-10-12-19/h8-14,18,20,29H,6-7,15-17H2,1-5H3. The smallest absolute Gasteiger partial charge is 0.259 e. The summed E-state index contributed by atoms with van der Waals surface area (Å²) in [6.45, 7) is 11.8. The van der Waals surface area contributed by atoms with Crippen LogP contribution in [-0.4, -0.2) is 49.1 Å². The van der Waals surface area contributed by atoms with Gasteiger partial charge in [-0.15, -0.1) is 0 Å². The Labute approximate surface area is 191 Å². The van der Waals surface area contributed by atoms with Gasteiger partial charge in [0.2, 0.25) is 0 Å². The van der Waals surface area contributed by atoms with Gasteiger partial charge in [0.1, 0.15) is 5.56 Å². The number of piperidine rings is 1. The molecular weight excluding hydrogens is 398 g/mol. The number of aromatic nitrogens is 3. The Kier molecular flexibility index (Phi) is 6.08. The third-order valence-electron chi connectivity index (χ3n) is 6.32. The maximum Gasteiger partial charge on any atom is 0.259 e. The van der Waals surface area contributed by atoms with Gasteiger partial charge in [0, 0.05) is 35.4 Å². The second-order valence-corrected chi connectivity index (χ2v) is 10.3. The van der Waals surface area contributed by atoms with Gasteiger partial charge in [-0.1, -0.05) is 43.7 Å². The first-order valence-electron chi connectivity index (χ1n) is 11.7. The molecule has 170 valence electrons. The molecule has 1 saturated heterocycles. The van der Waals surface area contributed by atoms with Gasteiger partial charge in [-0.3, -0.25) is 4.79 Å². The van der Waals surface area contributed by atoms with Crippen LogP contribution < -0.4 is 5.32 Å². The summed E-state index contributed by atoms with van der Waals surface area (Å²) in [5, 5.41) is 8.31. The minimum Gasteiger partial charge on any atom is -0.335 e. The molecule has 6 heteroatoms. The Hall–Kier alpha value is -2.73. The van der Waals surface area contributed by atoms with Gasteiger partial charge in [0.05, 0.1) is 11.9 Å². The zero-order valence-electron chi connectivity index (χ0n) is 19.9. The van der Waals surface area contributed by atoms with Crippen LogP contribution in [0.5, 0.6) is 0 Å². The van der Waals surface area contributed by atoms with Crippen molar-refractivity contribution in [2.45, 2.75) is 77.4 Å². The summed E-state index contributed by atoms with van der Waals surface area (Å²) in [5.41, 5.74) is 3.11. The third kappa shape index (κ3) is 4.56. The van der Waals surface area contributed by atoms with E-state index in [2.05, 4.69) is 54.9 Å². The highest BCUT2D eigenvalue weighted by Gasteiger charge is 2.41. The molecule has 6 nitrogen and oxygen atoms in total. The number of unbranched alkanes of at least 4 members (excludes halogenated alkanes) is 1. The van der Waals surface area contributed by atoms with Gasteiger partial charge >= 0.3 is 0 Å². The lowest BCUT2D eigenvalue weighted by Gasteiger charge is -2.49. The molecule has 0 bridgehead atoms. The summed E-state index contributed by atoms with van der Waals surface area (Å²) in [7, 11) is 0. The lowest BCUT2D eigenvalue weighted by molar-refractivity contribution is 0.0443. The van der Waals surface area contributed by atoms with Crippen LogP contribution in [0.1, 0.15) is 70.7 Å². The zero-order chi connectivity index (χ0) is 22.9. The molecule has 32 heavy (non-hydrogen) atoms. The SMILES string of the molecule is CCCCN(C(=O)c1cnn2c(-c3ccccc3)ccnc12)C1CC(C)(C)NC(C)(C)C1. The summed E-state index contributed by atoms with van der Waals surface area (Å²) in [5.74, 6) is 0.0321. The fraction of sp³-hybridized carbons (Fsp3) is 0.500. The molecule has 3 heterocycles. The first-order chi connectivity index (χ1) is 15.2. The number of fused-ring (bicyclic) bond motifs is 1. The Morgan fingerprint density at radius 2 is 1.81 bits per heavy atom. The van der Waals surface area contributed by atoms with Gasteiger partial charge < -0.3 is 10.2 Å². The van der Waals surface area contributed by atoms with Crippen molar-refractivity contribution in [3.05, 3.63) is 54.4 Å². The molecule has 1 aliphatic rings. The summed E-state index contributed by atoms with van der Waals surface area (Å²) in [6.07, 6.45) is 7.34. The van der Waals surface area contributed by atoms with E-state index in [1.165, 1.54) is 0 Å². The number of nitrogens with zero attached hydrogens (tertiary/aromatic N) is 4. The first-order valence-corrected chi connectivity index (χ1v) is 11.7. The summed E-state index contributed by atoms with van der Waals surface area (Å²) < 4.78 is 1.79. The molecule has 1 aromatic carbocycles. The number of nitrogens with one attached hydrogen (secondary N) is 1. The van der Waals surface area contributed by atoms with Crippen LogP contribution >= 0.6 is 0 Å². The first kappa shape index (κ1) is 22.5. The van der Waals surface area contributed by atoms with E-state index < -0.39 is 0 Å². The highest BCUT2D eigenvalue weighted by Crippen LogP contribution is 2.33. The number of amides is 1. The van der Waals surface area contributed by atoms with E-state index in [1.54, 1.807) is 16.9 Å². The lowest BCUT2D eigenvalue weighted by atomic mass is 9.79. The molecule has 0 spiro atoms. The molecule has 0 saturated carbocycles. The predicted molar refractivity (Wildman–Crippen MR) is 129 cm³/mol. The maximum atomic E-state index is 13.9.